The minimum Gasteiger partial charge on any atom is -0.396 e. The van der Waals surface area contributed by atoms with E-state index in [0.29, 0.717) is 6.61 Å². The van der Waals surface area contributed by atoms with Crippen LogP contribution in [0.15, 0.2) is 0 Å². The van der Waals surface area contributed by atoms with Gasteiger partial charge in [-0.3, -0.25) is 0 Å². The second-order valence-corrected chi connectivity index (χ2v) is 3.67. The largest absolute Gasteiger partial charge is 0.396 e. The van der Waals surface area contributed by atoms with Crippen LogP contribution in [0.5, 0.6) is 0 Å². The van der Waals surface area contributed by atoms with Gasteiger partial charge >= 0.3 is 0 Å². The van der Waals surface area contributed by atoms with Gasteiger partial charge in [0.2, 0.25) is 0 Å². The van der Waals surface area contributed by atoms with Crippen molar-refractivity contribution in [2.45, 2.75) is 19.8 Å². The van der Waals surface area contributed by atoms with Gasteiger partial charge in [-0.1, -0.05) is 6.92 Å². The molecule has 0 aliphatic carbocycles. The van der Waals surface area contributed by atoms with E-state index in [4.69, 9.17) is 5.11 Å². The molecule has 0 fully saturated rings. The van der Waals surface area contributed by atoms with Crippen molar-refractivity contribution in [3.8, 4) is 0 Å². The molecule has 0 saturated carbocycles. The summed E-state index contributed by atoms with van der Waals surface area (Å²) in [6.45, 7) is 6.90. The normalized spacial score (nSPS) is 11.5. The molecule has 0 saturated heterocycles. The number of hydrogen-bond donors (Lipinski definition) is 1. The zero-order valence-corrected chi connectivity index (χ0v) is 9.29. The highest BCUT2D eigenvalue weighted by Crippen LogP contribution is 1.94. The Labute approximate surface area is 82.3 Å². The third-order valence-electron chi connectivity index (χ3n) is 2.16. The van der Waals surface area contributed by atoms with Gasteiger partial charge in [0, 0.05) is 13.2 Å². The molecular formula is C10H24N2O. The van der Waals surface area contributed by atoms with Gasteiger partial charge in [0.15, 0.2) is 0 Å². The van der Waals surface area contributed by atoms with Crippen LogP contribution in [0.4, 0.5) is 0 Å². The highest BCUT2D eigenvalue weighted by molar-refractivity contribution is 4.56. The van der Waals surface area contributed by atoms with E-state index in [1.807, 2.05) is 0 Å². The minimum absolute atomic E-state index is 0.310. The zero-order valence-electron chi connectivity index (χ0n) is 9.29. The van der Waals surface area contributed by atoms with E-state index >= 15 is 0 Å². The molecule has 0 aromatic rings. The summed E-state index contributed by atoms with van der Waals surface area (Å²) in [5.74, 6) is 0. The smallest absolute Gasteiger partial charge is 0.0443 e. The van der Waals surface area contributed by atoms with Gasteiger partial charge in [-0.25, -0.2) is 0 Å². The molecule has 0 aliphatic heterocycles. The van der Waals surface area contributed by atoms with Crippen LogP contribution in [0.2, 0.25) is 0 Å². The summed E-state index contributed by atoms with van der Waals surface area (Å²) in [6, 6.07) is 0. The Balaban J connectivity index is 3.36. The quantitative estimate of drug-likeness (QED) is 0.605. The van der Waals surface area contributed by atoms with Crippen LogP contribution in [0.25, 0.3) is 0 Å². The molecule has 13 heavy (non-hydrogen) atoms. The second-order valence-electron chi connectivity index (χ2n) is 3.67. The Bertz CT molecular complexity index is 107. The van der Waals surface area contributed by atoms with E-state index in [0.717, 1.165) is 32.6 Å². The molecule has 80 valence electrons. The molecule has 0 aromatic carbocycles. The number of aliphatic hydroxyl groups is 1. The van der Waals surface area contributed by atoms with Gasteiger partial charge < -0.3 is 14.9 Å². The molecule has 1 N–H and O–H groups in total. The lowest BCUT2D eigenvalue weighted by molar-refractivity contribution is 0.222. The average molecular weight is 188 g/mol. The molecule has 3 nitrogen and oxygen atoms in total. The predicted molar refractivity (Wildman–Crippen MR) is 57.0 cm³/mol. The molecule has 0 radical (unpaired) electrons. The van der Waals surface area contributed by atoms with Crippen LogP contribution in [0, 0.1) is 0 Å². The number of aliphatic hydroxyl groups excluding tert-OH is 1. The number of hydrogen-bond acceptors (Lipinski definition) is 3. The zero-order chi connectivity index (χ0) is 10.1. The Morgan fingerprint density at radius 3 is 2.08 bits per heavy atom. The van der Waals surface area contributed by atoms with Crippen LogP contribution < -0.4 is 0 Å². The third kappa shape index (κ3) is 8.22. The molecule has 0 rings (SSSR count). The summed E-state index contributed by atoms with van der Waals surface area (Å²) in [5, 5.41) is 8.69. The van der Waals surface area contributed by atoms with Crippen molar-refractivity contribution in [1.82, 2.24) is 9.80 Å². The van der Waals surface area contributed by atoms with Crippen molar-refractivity contribution in [2.75, 3.05) is 46.9 Å². The first-order valence-corrected chi connectivity index (χ1v) is 5.18. The average Bonchev–Trinajstić information content (AvgIpc) is 2.10. The van der Waals surface area contributed by atoms with Crippen molar-refractivity contribution in [1.29, 1.82) is 0 Å². The van der Waals surface area contributed by atoms with E-state index in [9.17, 15) is 0 Å². The summed E-state index contributed by atoms with van der Waals surface area (Å²) in [4.78, 5) is 4.60. The standard InChI is InChI=1S/C10H24N2O/c1-4-12(9-6-10-13)8-5-7-11(2)3/h13H,4-10H2,1-3H3. The van der Waals surface area contributed by atoms with Crippen molar-refractivity contribution >= 4 is 0 Å². The molecule has 0 spiro atoms. The summed E-state index contributed by atoms with van der Waals surface area (Å²) in [7, 11) is 4.20. The molecule has 0 atom stereocenters. The molecule has 0 unspecified atom stereocenters. The Hall–Kier alpha value is -0.120. The van der Waals surface area contributed by atoms with E-state index in [1.165, 1.54) is 6.42 Å². The van der Waals surface area contributed by atoms with Crippen molar-refractivity contribution < 1.29 is 5.11 Å². The fourth-order valence-electron chi connectivity index (χ4n) is 1.33. The van der Waals surface area contributed by atoms with Crippen molar-refractivity contribution in [3.05, 3.63) is 0 Å². The maximum absolute atomic E-state index is 8.69. The summed E-state index contributed by atoms with van der Waals surface area (Å²) < 4.78 is 0. The molecule has 0 aromatic heterocycles. The second kappa shape index (κ2) is 8.48. The molecule has 0 aliphatic rings. The molecule has 3 heteroatoms. The van der Waals surface area contributed by atoms with E-state index in [1.54, 1.807) is 0 Å². The highest BCUT2D eigenvalue weighted by atomic mass is 16.3. The first-order valence-electron chi connectivity index (χ1n) is 5.18. The van der Waals surface area contributed by atoms with E-state index in [2.05, 4.69) is 30.8 Å². The summed E-state index contributed by atoms with van der Waals surface area (Å²) in [5.41, 5.74) is 0. The first-order chi connectivity index (χ1) is 6.20. The van der Waals surface area contributed by atoms with Gasteiger partial charge in [-0.2, -0.15) is 0 Å². The highest BCUT2D eigenvalue weighted by Gasteiger charge is 2.01. The van der Waals surface area contributed by atoms with Gasteiger partial charge in [0.1, 0.15) is 0 Å². The van der Waals surface area contributed by atoms with Crippen molar-refractivity contribution in [3.63, 3.8) is 0 Å². The predicted octanol–water partition coefficient (Wildman–Crippen LogP) is 0.642. The Morgan fingerprint density at radius 1 is 1.00 bits per heavy atom. The maximum atomic E-state index is 8.69. The van der Waals surface area contributed by atoms with E-state index < -0.39 is 0 Å². The lowest BCUT2D eigenvalue weighted by Crippen LogP contribution is -2.28. The van der Waals surface area contributed by atoms with Gasteiger partial charge in [-0.05, 0) is 46.6 Å². The SMILES string of the molecule is CCN(CCCO)CCCN(C)C. The lowest BCUT2D eigenvalue weighted by Gasteiger charge is -2.20. The fourth-order valence-corrected chi connectivity index (χ4v) is 1.33. The van der Waals surface area contributed by atoms with Crippen molar-refractivity contribution in [2.24, 2.45) is 0 Å². The number of nitrogens with zero attached hydrogens (tertiary/aromatic N) is 2. The summed E-state index contributed by atoms with van der Waals surface area (Å²) in [6.07, 6.45) is 2.11. The first kappa shape index (κ1) is 12.9. The number of rotatable bonds is 8. The fraction of sp³-hybridized carbons (Fsp3) is 1.00. The molecule has 0 heterocycles. The lowest BCUT2D eigenvalue weighted by atomic mass is 10.3. The summed E-state index contributed by atoms with van der Waals surface area (Å²) >= 11 is 0. The Morgan fingerprint density at radius 2 is 1.62 bits per heavy atom. The van der Waals surface area contributed by atoms with Crippen LogP contribution in [-0.2, 0) is 0 Å². The van der Waals surface area contributed by atoms with Gasteiger partial charge in [0.05, 0.1) is 0 Å². The van der Waals surface area contributed by atoms with Gasteiger partial charge in [0.25, 0.3) is 0 Å². The molecule has 0 amide bonds. The third-order valence-corrected chi connectivity index (χ3v) is 2.16. The Kier molecular flexibility index (Phi) is 8.40. The topological polar surface area (TPSA) is 26.7 Å². The van der Waals surface area contributed by atoms with Crippen LogP contribution >= 0.6 is 0 Å². The van der Waals surface area contributed by atoms with Crippen LogP contribution in [-0.4, -0.2) is 61.8 Å². The molecule has 0 bridgehead atoms. The monoisotopic (exact) mass is 188 g/mol. The van der Waals surface area contributed by atoms with E-state index in [-0.39, 0.29) is 0 Å². The van der Waals surface area contributed by atoms with Crippen LogP contribution in [0.3, 0.4) is 0 Å². The minimum atomic E-state index is 0.310. The van der Waals surface area contributed by atoms with Gasteiger partial charge in [-0.15, -0.1) is 0 Å². The molecular weight excluding hydrogens is 164 g/mol. The van der Waals surface area contributed by atoms with Crippen LogP contribution in [0.1, 0.15) is 19.8 Å². The maximum Gasteiger partial charge on any atom is 0.0443 e.